The van der Waals surface area contributed by atoms with E-state index in [1.807, 2.05) is 13.8 Å². The number of amides is 2. The molecule has 1 aromatic rings. The molecule has 0 unspecified atom stereocenters. The number of nitrogens with zero attached hydrogens (tertiary/aromatic N) is 1. The summed E-state index contributed by atoms with van der Waals surface area (Å²) < 4.78 is 0. The van der Waals surface area contributed by atoms with Gasteiger partial charge in [-0.3, -0.25) is 9.59 Å². The number of hydrogen-bond acceptors (Lipinski definition) is 4. The van der Waals surface area contributed by atoms with Crippen molar-refractivity contribution in [1.29, 1.82) is 0 Å². The lowest BCUT2D eigenvalue weighted by molar-refractivity contribution is -0.129. The molecule has 0 spiro atoms. The molecule has 1 rings (SSSR count). The van der Waals surface area contributed by atoms with Gasteiger partial charge >= 0.3 is 0 Å². The van der Waals surface area contributed by atoms with Crippen LogP contribution in [0.25, 0.3) is 0 Å². The standard InChI is InChI=1S/C13H17N3O3/c1-9(2)15-12(18)7-13(19)16-14-8-10-3-5-11(17)6-4-10/h3-6,8-9,17H,7H2,1-2H3,(H,15,18)(H,16,19)/b14-8+. The molecule has 0 saturated heterocycles. The third kappa shape index (κ3) is 6.21. The second-order valence-corrected chi connectivity index (χ2v) is 4.28. The number of carbonyl (C=O) groups is 2. The molecule has 3 N–H and O–H groups in total. The molecular weight excluding hydrogens is 246 g/mol. The number of nitrogens with one attached hydrogen (secondary N) is 2. The molecule has 0 aliphatic carbocycles. The van der Waals surface area contributed by atoms with E-state index in [0.717, 1.165) is 5.56 Å². The summed E-state index contributed by atoms with van der Waals surface area (Å²) in [6.45, 7) is 3.64. The molecule has 6 heteroatoms. The van der Waals surface area contributed by atoms with E-state index in [9.17, 15) is 9.59 Å². The van der Waals surface area contributed by atoms with Crippen molar-refractivity contribution in [3.63, 3.8) is 0 Å². The van der Waals surface area contributed by atoms with Crippen molar-refractivity contribution in [2.45, 2.75) is 26.3 Å². The topological polar surface area (TPSA) is 90.8 Å². The molecule has 102 valence electrons. The lowest BCUT2D eigenvalue weighted by atomic mass is 10.2. The van der Waals surface area contributed by atoms with Gasteiger partial charge in [0.2, 0.25) is 11.8 Å². The third-order valence-corrected chi connectivity index (χ3v) is 2.07. The summed E-state index contributed by atoms with van der Waals surface area (Å²) in [5, 5.41) is 15.4. The van der Waals surface area contributed by atoms with Gasteiger partial charge < -0.3 is 10.4 Å². The van der Waals surface area contributed by atoms with Crippen molar-refractivity contribution in [1.82, 2.24) is 10.7 Å². The van der Waals surface area contributed by atoms with Crippen molar-refractivity contribution >= 4 is 18.0 Å². The van der Waals surface area contributed by atoms with Gasteiger partial charge in [-0.15, -0.1) is 0 Å². The van der Waals surface area contributed by atoms with Crippen LogP contribution in [0.1, 0.15) is 25.8 Å². The summed E-state index contributed by atoms with van der Waals surface area (Å²) >= 11 is 0. The number of benzene rings is 1. The summed E-state index contributed by atoms with van der Waals surface area (Å²) in [7, 11) is 0. The highest BCUT2D eigenvalue weighted by molar-refractivity contribution is 5.97. The van der Waals surface area contributed by atoms with Crippen LogP contribution in [-0.4, -0.2) is 29.2 Å². The van der Waals surface area contributed by atoms with Crippen molar-refractivity contribution in [2.24, 2.45) is 5.10 Å². The molecule has 0 heterocycles. The highest BCUT2D eigenvalue weighted by Crippen LogP contribution is 2.07. The lowest BCUT2D eigenvalue weighted by Gasteiger charge is -2.06. The Kier molecular flexibility index (Phi) is 5.53. The van der Waals surface area contributed by atoms with Crippen LogP contribution in [0.3, 0.4) is 0 Å². The fourth-order valence-corrected chi connectivity index (χ4v) is 1.30. The Bertz CT molecular complexity index is 467. The first kappa shape index (κ1) is 14.7. The van der Waals surface area contributed by atoms with Crippen LogP contribution in [0.5, 0.6) is 5.75 Å². The van der Waals surface area contributed by atoms with Crippen LogP contribution in [0.2, 0.25) is 0 Å². The Labute approximate surface area is 111 Å². The van der Waals surface area contributed by atoms with Gasteiger partial charge in [-0.2, -0.15) is 5.10 Å². The molecule has 0 atom stereocenters. The zero-order valence-electron chi connectivity index (χ0n) is 10.9. The zero-order chi connectivity index (χ0) is 14.3. The van der Waals surface area contributed by atoms with Gasteiger partial charge in [-0.1, -0.05) is 0 Å². The number of phenols is 1. The normalized spacial score (nSPS) is 10.7. The maximum absolute atomic E-state index is 11.4. The van der Waals surface area contributed by atoms with Crippen LogP contribution in [-0.2, 0) is 9.59 Å². The molecule has 0 aromatic heterocycles. The van der Waals surface area contributed by atoms with E-state index in [1.54, 1.807) is 12.1 Å². The van der Waals surface area contributed by atoms with Gasteiger partial charge in [0.15, 0.2) is 0 Å². The van der Waals surface area contributed by atoms with Crippen LogP contribution < -0.4 is 10.7 Å². The van der Waals surface area contributed by atoms with Crippen molar-refractivity contribution in [3.05, 3.63) is 29.8 Å². The second-order valence-electron chi connectivity index (χ2n) is 4.28. The highest BCUT2D eigenvalue weighted by atomic mass is 16.3. The van der Waals surface area contributed by atoms with Crippen LogP contribution in [0.15, 0.2) is 29.4 Å². The molecule has 19 heavy (non-hydrogen) atoms. The number of rotatable bonds is 5. The summed E-state index contributed by atoms with van der Waals surface area (Å²) in [6, 6.07) is 6.33. The Balaban J connectivity index is 2.37. The Hall–Kier alpha value is -2.37. The summed E-state index contributed by atoms with van der Waals surface area (Å²) in [5.74, 6) is -0.660. The van der Waals surface area contributed by atoms with E-state index >= 15 is 0 Å². The summed E-state index contributed by atoms with van der Waals surface area (Å²) in [4.78, 5) is 22.6. The first-order valence-electron chi connectivity index (χ1n) is 5.87. The molecule has 2 amide bonds. The minimum atomic E-state index is -0.479. The van der Waals surface area contributed by atoms with Gasteiger partial charge in [-0.05, 0) is 43.7 Å². The van der Waals surface area contributed by atoms with Gasteiger partial charge in [0.1, 0.15) is 12.2 Å². The van der Waals surface area contributed by atoms with Gasteiger partial charge in [0.25, 0.3) is 0 Å². The third-order valence-electron chi connectivity index (χ3n) is 2.07. The van der Waals surface area contributed by atoms with Gasteiger partial charge in [-0.25, -0.2) is 5.43 Å². The number of hydrazone groups is 1. The average Bonchev–Trinajstić information content (AvgIpc) is 2.30. The molecule has 6 nitrogen and oxygen atoms in total. The summed E-state index contributed by atoms with van der Waals surface area (Å²) in [6.07, 6.45) is 1.17. The number of phenolic OH excluding ortho intramolecular Hbond substituents is 1. The molecular formula is C13H17N3O3. The van der Waals surface area contributed by atoms with Crippen LogP contribution >= 0.6 is 0 Å². The number of aromatic hydroxyl groups is 1. The van der Waals surface area contributed by atoms with E-state index in [0.29, 0.717) is 0 Å². The van der Waals surface area contributed by atoms with Gasteiger partial charge in [0, 0.05) is 6.04 Å². The molecule has 0 saturated carbocycles. The molecule has 0 aliphatic heterocycles. The van der Waals surface area contributed by atoms with Crippen LogP contribution in [0, 0.1) is 0 Å². The van der Waals surface area contributed by atoms with E-state index in [4.69, 9.17) is 5.11 Å². The fraction of sp³-hybridized carbons (Fsp3) is 0.308. The number of carbonyl (C=O) groups excluding carboxylic acids is 2. The first-order chi connectivity index (χ1) is 8.97. The lowest BCUT2D eigenvalue weighted by Crippen LogP contribution is -2.34. The largest absolute Gasteiger partial charge is 0.508 e. The van der Waals surface area contributed by atoms with Crippen molar-refractivity contribution < 1.29 is 14.7 Å². The van der Waals surface area contributed by atoms with E-state index in [1.165, 1.54) is 18.3 Å². The maximum atomic E-state index is 11.4. The maximum Gasteiger partial charge on any atom is 0.249 e. The minimum Gasteiger partial charge on any atom is -0.508 e. The second kappa shape index (κ2) is 7.15. The zero-order valence-corrected chi connectivity index (χ0v) is 10.9. The van der Waals surface area contributed by atoms with Crippen LogP contribution in [0.4, 0.5) is 0 Å². The fourth-order valence-electron chi connectivity index (χ4n) is 1.30. The first-order valence-corrected chi connectivity index (χ1v) is 5.87. The molecule has 0 radical (unpaired) electrons. The SMILES string of the molecule is CC(C)NC(=O)CC(=O)N/N=C/c1ccc(O)cc1. The smallest absolute Gasteiger partial charge is 0.249 e. The highest BCUT2D eigenvalue weighted by Gasteiger charge is 2.08. The molecule has 1 aromatic carbocycles. The minimum absolute atomic E-state index is 0.000738. The van der Waals surface area contributed by atoms with E-state index in [-0.39, 0.29) is 24.1 Å². The Morgan fingerprint density at radius 2 is 1.89 bits per heavy atom. The summed E-state index contributed by atoms with van der Waals surface area (Å²) in [5.41, 5.74) is 2.98. The van der Waals surface area contributed by atoms with Crippen molar-refractivity contribution in [2.75, 3.05) is 0 Å². The molecule has 0 fully saturated rings. The average molecular weight is 263 g/mol. The predicted molar refractivity (Wildman–Crippen MR) is 71.7 cm³/mol. The monoisotopic (exact) mass is 263 g/mol. The van der Waals surface area contributed by atoms with Crippen molar-refractivity contribution in [3.8, 4) is 5.75 Å². The Morgan fingerprint density at radius 3 is 2.47 bits per heavy atom. The quantitative estimate of drug-likeness (QED) is 0.416. The molecule has 0 bridgehead atoms. The number of hydrogen-bond donors (Lipinski definition) is 3. The Morgan fingerprint density at radius 1 is 1.26 bits per heavy atom. The molecule has 0 aliphatic rings. The van der Waals surface area contributed by atoms with Gasteiger partial charge in [0.05, 0.1) is 6.21 Å². The predicted octanol–water partition coefficient (Wildman–Crippen LogP) is 0.757. The van der Waals surface area contributed by atoms with E-state index < -0.39 is 5.91 Å². The van der Waals surface area contributed by atoms with E-state index in [2.05, 4.69) is 15.8 Å².